The summed E-state index contributed by atoms with van der Waals surface area (Å²) in [4.78, 5) is 38.3. The van der Waals surface area contributed by atoms with Crippen molar-refractivity contribution in [3.8, 4) is 0 Å². The van der Waals surface area contributed by atoms with Gasteiger partial charge in [0.05, 0.1) is 6.42 Å². The fourth-order valence-corrected chi connectivity index (χ4v) is 3.84. The van der Waals surface area contributed by atoms with Crippen LogP contribution in [-0.4, -0.2) is 32.2 Å². The fourth-order valence-electron chi connectivity index (χ4n) is 2.76. The average Bonchev–Trinajstić information content (AvgIpc) is 2.76. The molecule has 18 heavy (non-hydrogen) atoms. The lowest BCUT2D eigenvalue weighted by molar-refractivity contribution is -0.140. The Labute approximate surface area is 113 Å². The van der Waals surface area contributed by atoms with Crippen LogP contribution in [0.2, 0.25) is 0 Å². The quantitative estimate of drug-likeness (QED) is 0.333. The van der Waals surface area contributed by atoms with Crippen molar-refractivity contribution in [1.82, 2.24) is 0 Å². The predicted molar refractivity (Wildman–Crippen MR) is 63.5 cm³/mol. The van der Waals surface area contributed by atoms with Crippen LogP contribution < -0.4 is 0 Å². The Morgan fingerprint density at radius 2 is 2.00 bits per heavy atom. The third kappa shape index (κ3) is 1.32. The molecule has 2 fully saturated rings. The van der Waals surface area contributed by atoms with Crippen molar-refractivity contribution in [2.75, 3.05) is 0 Å². The molecule has 0 radical (unpaired) electrons. The minimum absolute atomic E-state index is 0.494. The molecule has 7 heteroatoms. The Hall–Kier alpha value is -1.03. The number of hydrogen-bond donors (Lipinski definition) is 0. The van der Waals surface area contributed by atoms with E-state index in [1.165, 1.54) is 0 Å². The van der Waals surface area contributed by atoms with Crippen molar-refractivity contribution in [3.05, 3.63) is 5.53 Å². The zero-order chi connectivity index (χ0) is 13.7. The molecule has 0 aliphatic heterocycles. The van der Waals surface area contributed by atoms with Crippen LogP contribution in [0.4, 0.5) is 0 Å². The summed E-state index contributed by atoms with van der Waals surface area (Å²) >= 11 is 12.1. The molecule has 0 aromatic heterocycles. The van der Waals surface area contributed by atoms with Gasteiger partial charge in [0, 0.05) is 5.92 Å². The summed E-state index contributed by atoms with van der Waals surface area (Å²) < 4.78 is -1.51. The molecule has 0 saturated heterocycles. The molecule has 1 spiro atoms. The number of rotatable bonds is 2. The Kier molecular flexibility index (Phi) is 2.97. The highest BCUT2D eigenvalue weighted by Gasteiger charge is 2.86. The molecule has 2 aliphatic rings. The van der Waals surface area contributed by atoms with Crippen LogP contribution in [0.5, 0.6) is 0 Å². The maximum absolute atomic E-state index is 12.2. The first-order valence-corrected chi connectivity index (χ1v) is 6.32. The molecule has 0 bridgehead atoms. The smallest absolute Gasteiger partial charge is 0.360 e. The lowest BCUT2D eigenvalue weighted by atomic mass is 9.79. The monoisotopic (exact) mass is 288 g/mol. The molecule has 0 aromatic carbocycles. The summed E-state index contributed by atoms with van der Waals surface area (Å²) in [6, 6.07) is 0. The Balaban J connectivity index is 2.51. The molecule has 0 N–H and O–H groups in total. The molecule has 2 rings (SSSR count). The topological polar surface area (TPSA) is 87.6 Å². The molecule has 2 atom stereocenters. The highest BCUT2D eigenvalue weighted by Crippen LogP contribution is 2.72. The molecule has 0 amide bonds. The molecular weight excluding hydrogens is 279 g/mol. The van der Waals surface area contributed by atoms with Gasteiger partial charge >= 0.3 is 5.71 Å². The lowest BCUT2D eigenvalue weighted by Crippen LogP contribution is -2.47. The van der Waals surface area contributed by atoms with E-state index in [9.17, 15) is 14.4 Å². The van der Waals surface area contributed by atoms with Crippen LogP contribution in [0.3, 0.4) is 0 Å². The second-order valence-corrected chi connectivity index (χ2v) is 5.96. The average molecular weight is 289 g/mol. The molecule has 2 saturated carbocycles. The number of Topliss-reactive ketones (excluding diaryl/α,β-unsaturated/α-hetero) is 3. The molecule has 2 unspecified atom stereocenters. The van der Waals surface area contributed by atoms with Crippen molar-refractivity contribution in [2.45, 2.75) is 30.5 Å². The van der Waals surface area contributed by atoms with E-state index in [2.05, 4.69) is 4.79 Å². The summed E-state index contributed by atoms with van der Waals surface area (Å²) in [5, 5.41) is 0. The molecule has 5 nitrogen and oxygen atoms in total. The maximum Gasteiger partial charge on any atom is 0.401 e. The molecule has 0 aromatic rings. The second kappa shape index (κ2) is 3.98. The fraction of sp³-hybridized carbons (Fsp3) is 0.636. The summed E-state index contributed by atoms with van der Waals surface area (Å²) in [5.41, 5.74) is 6.49. The standard InChI is InChI=1S/C11H10Cl2N2O3/c1-2-3-6-10(11(6,12)13)7(17)4-5(16)8(15-14)9(10)18/h6H,2-4H2,1H3. The Bertz CT molecular complexity index is 522. The zero-order valence-corrected chi connectivity index (χ0v) is 11.1. The summed E-state index contributed by atoms with van der Waals surface area (Å²) in [7, 11) is 0. The second-order valence-electron chi connectivity index (χ2n) is 4.57. The molecular formula is C11H10Cl2N2O3. The van der Waals surface area contributed by atoms with Gasteiger partial charge in [0.2, 0.25) is 0 Å². The van der Waals surface area contributed by atoms with Gasteiger partial charge in [-0.1, -0.05) is 36.5 Å². The van der Waals surface area contributed by atoms with Crippen LogP contribution in [0.25, 0.3) is 5.53 Å². The van der Waals surface area contributed by atoms with Crippen molar-refractivity contribution in [1.29, 1.82) is 0 Å². The lowest BCUT2D eigenvalue weighted by Gasteiger charge is -2.16. The predicted octanol–water partition coefficient (Wildman–Crippen LogP) is 1.36. The summed E-state index contributed by atoms with van der Waals surface area (Å²) in [5.74, 6) is -2.74. The van der Waals surface area contributed by atoms with Gasteiger partial charge in [-0.3, -0.25) is 14.4 Å². The van der Waals surface area contributed by atoms with E-state index >= 15 is 0 Å². The van der Waals surface area contributed by atoms with Gasteiger partial charge in [-0.25, -0.2) is 0 Å². The first-order valence-electron chi connectivity index (χ1n) is 5.56. The van der Waals surface area contributed by atoms with Crippen molar-refractivity contribution < 1.29 is 19.2 Å². The van der Waals surface area contributed by atoms with E-state index < -0.39 is 45.1 Å². The number of halogens is 2. The van der Waals surface area contributed by atoms with Gasteiger partial charge in [-0.15, -0.1) is 0 Å². The maximum atomic E-state index is 12.2. The number of alkyl halides is 2. The third-order valence-corrected chi connectivity index (χ3v) is 4.80. The number of nitrogens with zero attached hydrogens (tertiary/aromatic N) is 2. The number of carbonyl (C=O) groups is 3. The Morgan fingerprint density at radius 1 is 1.39 bits per heavy atom. The van der Waals surface area contributed by atoms with Crippen LogP contribution in [0.1, 0.15) is 26.2 Å². The molecule has 96 valence electrons. The molecule has 2 aliphatic carbocycles. The first kappa shape index (κ1) is 13.4. The largest absolute Gasteiger partial charge is 0.401 e. The van der Waals surface area contributed by atoms with E-state index in [1.807, 2.05) is 6.92 Å². The summed E-state index contributed by atoms with van der Waals surface area (Å²) in [6.45, 7) is 1.87. The van der Waals surface area contributed by atoms with Gasteiger partial charge in [-0.05, 0) is 6.42 Å². The highest BCUT2D eigenvalue weighted by atomic mass is 35.5. The minimum atomic E-state index is -1.60. The SMILES string of the molecule is CCCC1C(Cl)(Cl)C12C(=O)CC(=O)C(=[N+]=[N-])C2=O. The minimum Gasteiger partial charge on any atom is -0.360 e. The van der Waals surface area contributed by atoms with Crippen LogP contribution in [0, 0.1) is 11.3 Å². The highest BCUT2D eigenvalue weighted by molar-refractivity contribution is 6.74. The van der Waals surface area contributed by atoms with Crippen LogP contribution in [-0.2, 0) is 14.4 Å². The number of carbonyl (C=O) groups excluding carboxylic acids is 3. The van der Waals surface area contributed by atoms with E-state index in [0.29, 0.717) is 12.8 Å². The summed E-state index contributed by atoms with van der Waals surface area (Å²) in [6.07, 6.45) is 0.706. The third-order valence-electron chi connectivity index (χ3n) is 3.68. The molecule has 0 heterocycles. The first-order chi connectivity index (χ1) is 8.35. The van der Waals surface area contributed by atoms with E-state index in [4.69, 9.17) is 28.7 Å². The van der Waals surface area contributed by atoms with Gasteiger partial charge in [0.25, 0.3) is 11.6 Å². The van der Waals surface area contributed by atoms with Gasteiger partial charge in [-0.2, -0.15) is 4.79 Å². The zero-order valence-electron chi connectivity index (χ0n) is 9.57. The van der Waals surface area contributed by atoms with Crippen LogP contribution in [0.15, 0.2) is 0 Å². The number of hydrogen-bond acceptors (Lipinski definition) is 3. The van der Waals surface area contributed by atoms with Crippen molar-refractivity contribution in [3.63, 3.8) is 0 Å². The Morgan fingerprint density at radius 3 is 2.50 bits per heavy atom. The van der Waals surface area contributed by atoms with Crippen LogP contribution >= 0.6 is 23.2 Å². The van der Waals surface area contributed by atoms with Gasteiger partial charge in [0.1, 0.15) is 9.75 Å². The van der Waals surface area contributed by atoms with E-state index in [-0.39, 0.29) is 0 Å². The normalized spacial score (nSPS) is 33.8. The van der Waals surface area contributed by atoms with Gasteiger partial charge in [0.15, 0.2) is 5.78 Å². The number of ketones is 3. The van der Waals surface area contributed by atoms with Crippen molar-refractivity contribution >= 4 is 46.3 Å². The van der Waals surface area contributed by atoms with E-state index in [0.717, 1.165) is 0 Å². The van der Waals surface area contributed by atoms with E-state index in [1.54, 1.807) is 0 Å². The van der Waals surface area contributed by atoms with Crippen molar-refractivity contribution in [2.24, 2.45) is 11.3 Å². The van der Waals surface area contributed by atoms with Gasteiger partial charge < -0.3 is 5.53 Å².